The van der Waals surface area contributed by atoms with E-state index in [1.165, 1.54) is 0 Å². The summed E-state index contributed by atoms with van der Waals surface area (Å²) in [7, 11) is 0. The number of aryl methyl sites for hydroxylation is 3. The predicted octanol–water partition coefficient (Wildman–Crippen LogP) is 3.49. The molecule has 1 aromatic heterocycles. The molecule has 0 saturated carbocycles. The molecule has 0 spiro atoms. The topological polar surface area (TPSA) is 30.0 Å². The lowest BCUT2D eigenvalue weighted by molar-refractivity contribution is 0.0991. The molecule has 2 rings (SSSR count). The molecule has 0 aliphatic heterocycles. The van der Waals surface area contributed by atoms with Gasteiger partial charge in [0.2, 0.25) is 0 Å². The van der Waals surface area contributed by atoms with E-state index in [2.05, 4.69) is 4.98 Å². The first-order chi connectivity index (χ1) is 8.06. The molecule has 1 aromatic carbocycles. The molecule has 0 unspecified atom stereocenters. The number of ketones is 1. The molecule has 17 heavy (non-hydrogen) atoms. The van der Waals surface area contributed by atoms with Crippen LogP contribution in [0.2, 0.25) is 0 Å². The summed E-state index contributed by atoms with van der Waals surface area (Å²) < 4.78 is 0. The maximum absolute atomic E-state index is 12.2. The van der Waals surface area contributed by atoms with Gasteiger partial charge in [0.05, 0.1) is 17.1 Å². The van der Waals surface area contributed by atoms with Crippen molar-refractivity contribution < 1.29 is 4.79 Å². The number of hydrogen-bond donors (Lipinski definition) is 0. The molecule has 0 saturated heterocycles. The van der Waals surface area contributed by atoms with Crippen LogP contribution in [0.4, 0.5) is 0 Å². The SMILES string of the molecule is Cc1ccc(C)c(C(=O)Cc2csc(C)n2)c1. The summed E-state index contributed by atoms with van der Waals surface area (Å²) in [4.78, 5) is 16.5. The minimum atomic E-state index is 0.150. The molecule has 0 aliphatic rings. The Balaban J connectivity index is 2.22. The van der Waals surface area contributed by atoms with Crippen LogP contribution in [0.15, 0.2) is 23.6 Å². The third-order valence-electron chi connectivity index (χ3n) is 2.70. The van der Waals surface area contributed by atoms with Crippen LogP contribution in [0.25, 0.3) is 0 Å². The summed E-state index contributed by atoms with van der Waals surface area (Å²) >= 11 is 1.59. The minimum absolute atomic E-state index is 0.150. The fraction of sp³-hybridized carbons (Fsp3) is 0.286. The highest BCUT2D eigenvalue weighted by Crippen LogP contribution is 2.15. The van der Waals surface area contributed by atoms with Crippen LogP contribution in [0.3, 0.4) is 0 Å². The second kappa shape index (κ2) is 4.80. The number of rotatable bonds is 3. The molecule has 0 bridgehead atoms. The summed E-state index contributed by atoms with van der Waals surface area (Å²) in [6, 6.07) is 5.98. The maximum atomic E-state index is 12.2. The number of hydrogen-bond acceptors (Lipinski definition) is 3. The highest BCUT2D eigenvalue weighted by molar-refractivity contribution is 7.09. The van der Waals surface area contributed by atoms with E-state index in [1.54, 1.807) is 11.3 Å². The van der Waals surface area contributed by atoms with E-state index in [0.717, 1.165) is 27.4 Å². The number of carbonyl (C=O) groups excluding carboxylic acids is 1. The van der Waals surface area contributed by atoms with Crippen molar-refractivity contribution >= 4 is 17.1 Å². The van der Waals surface area contributed by atoms with E-state index in [4.69, 9.17) is 0 Å². The van der Waals surface area contributed by atoms with Gasteiger partial charge in [-0.05, 0) is 32.4 Å². The molecule has 2 nitrogen and oxygen atoms in total. The third-order valence-corrected chi connectivity index (χ3v) is 3.52. The smallest absolute Gasteiger partial charge is 0.169 e. The van der Waals surface area contributed by atoms with E-state index in [-0.39, 0.29) is 5.78 Å². The normalized spacial score (nSPS) is 10.5. The first-order valence-electron chi connectivity index (χ1n) is 5.57. The quantitative estimate of drug-likeness (QED) is 0.775. The van der Waals surface area contributed by atoms with Crippen molar-refractivity contribution in [3.63, 3.8) is 0 Å². The average molecular weight is 245 g/mol. The molecule has 0 atom stereocenters. The highest BCUT2D eigenvalue weighted by Gasteiger charge is 2.11. The first-order valence-corrected chi connectivity index (χ1v) is 6.45. The third kappa shape index (κ3) is 2.80. The molecule has 0 amide bonds. The lowest BCUT2D eigenvalue weighted by Crippen LogP contribution is -2.06. The Bertz CT molecular complexity index is 557. The van der Waals surface area contributed by atoms with E-state index in [9.17, 15) is 4.79 Å². The largest absolute Gasteiger partial charge is 0.294 e. The van der Waals surface area contributed by atoms with Gasteiger partial charge in [-0.25, -0.2) is 4.98 Å². The number of aromatic nitrogens is 1. The Morgan fingerprint density at radius 2 is 2.06 bits per heavy atom. The van der Waals surface area contributed by atoms with Crippen molar-refractivity contribution in [1.29, 1.82) is 0 Å². The Kier molecular flexibility index (Phi) is 3.38. The second-order valence-electron chi connectivity index (χ2n) is 4.28. The van der Waals surface area contributed by atoms with Crippen LogP contribution in [0, 0.1) is 20.8 Å². The predicted molar refractivity (Wildman–Crippen MR) is 70.8 cm³/mol. The molecule has 0 aliphatic carbocycles. The zero-order chi connectivity index (χ0) is 12.4. The fourth-order valence-corrected chi connectivity index (χ4v) is 2.40. The molecule has 3 heteroatoms. The summed E-state index contributed by atoms with van der Waals surface area (Å²) in [5.74, 6) is 0.150. The Morgan fingerprint density at radius 1 is 1.29 bits per heavy atom. The average Bonchev–Trinajstić information content (AvgIpc) is 2.67. The Hall–Kier alpha value is -1.48. The zero-order valence-electron chi connectivity index (χ0n) is 10.3. The summed E-state index contributed by atoms with van der Waals surface area (Å²) in [6.45, 7) is 5.93. The molecular weight excluding hydrogens is 230 g/mol. The standard InChI is InChI=1S/C14H15NOS/c1-9-4-5-10(2)13(6-9)14(16)7-12-8-17-11(3)15-12/h4-6,8H,7H2,1-3H3. The van der Waals surface area contributed by atoms with Crippen molar-refractivity contribution in [1.82, 2.24) is 4.98 Å². The van der Waals surface area contributed by atoms with Crippen LogP contribution in [0.1, 0.15) is 32.2 Å². The van der Waals surface area contributed by atoms with Gasteiger partial charge in [0.15, 0.2) is 5.78 Å². The van der Waals surface area contributed by atoms with Crippen LogP contribution in [0.5, 0.6) is 0 Å². The molecule has 0 radical (unpaired) electrons. The molecule has 0 fully saturated rings. The van der Waals surface area contributed by atoms with E-state index in [1.807, 2.05) is 44.4 Å². The fourth-order valence-electron chi connectivity index (χ4n) is 1.79. The van der Waals surface area contributed by atoms with E-state index in [0.29, 0.717) is 6.42 Å². The Labute approximate surface area is 105 Å². The van der Waals surface area contributed by atoms with E-state index >= 15 is 0 Å². The van der Waals surface area contributed by atoms with Gasteiger partial charge in [-0.15, -0.1) is 11.3 Å². The van der Waals surface area contributed by atoms with Crippen LogP contribution in [-0.4, -0.2) is 10.8 Å². The van der Waals surface area contributed by atoms with Crippen molar-refractivity contribution in [2.24, 2.45) is 0 Å². The van der Waals surface area contributed by atoms with Gasteiger partial charge in [0, 0.05) is 10.9 Å². The second-order valence-corrected chi connectivity index (χ2v) is 5.34. The summed E-state index contributed by atoms with van der Waals surface area (Å²) in [5.41, 5.74) is 3.84. The molecular formula is C14H15NOS. The molecule has 1 heterocycles. The molecule has 0 N–H and O–H groups in total. The number of carbonyl (C=O) groups is 1. The van der Waals surface area contributed by atoms with Gasteiger partial charge in [-0.2, -0.15) is 0 Å². The molecule has 88 valence electrons. The summed E-state index contributed by atoms with van der Waals surface area (Å²) in [5, 5.41) is 2.96. The van der Waals surface area contributed by atoms with Crippen LogP contribution < -0.4 is 0 Å². The number of nitrogens with zero attached hydrogens (tertiary/aromatic N) is 1. The van der Waals surface area contributed by atoms with Gasteiger partial charge in [0.25, 0.3) is 0 Å². The van der Waals surface area contributed by atoms with Crippen molar-refractivity contribution in [3.8, 4) is 0 Å². The maximum Gasteiger partial charge on any atom is 0.169 e. The lowest BCUT2D eigenvalue weighted by Gasteiger charge is -2.05. The van der Waals surface area contributed by atoms with E-state index < -0.39 is 0 Å². The molecule has 2 aromatic rings. The van der Waals surface area contributed by atoms with Gasteiger partial charge in [0.1, 0.15) is 0 Å². The summed E-state index contributed by atoms with van der Waals surface area (Å²) in [6.07, 6.45) is 0.397. The van der Waals surface area contributed by atoms with Crippen molar-refractivity contribution in [2.45, 2.75) is 27.2 Å². The monoisotopic (exact) mass is 245 g/mol. The number of thiazole rings is 1. The highest BCUT2D eigenvalue weighted by atomic mass is 32.1. The van der Waals surface area contributed by atoms with Gasteiger partial charge in [-0.3, -0.25) is 4.79 Å². The van der Waals surface area contributed by atoms with Crippen LogP contribution >= 0.6 is 11.3 Å². The number of Topliss-reactive ketones (excluding diaryl/α,β-unsaturated/α-hetero) is 1. The first kappa shape index (κ1) is 12.0. The van der Waals surface area contributed by atoms with Gasteiger partial charge >= 0.3 is 0 Å². The lowest BCUT2D eigenvalue weighted by atomic mass is 9.99. The van der Waals surface area contributed by atoms with Crippen LogP contribution in [-0.2, 0) is 6.42 Å². The Morgan fingerprint density at radius 3 is 2.71 bits per heavy atom. The zero-order valence-corrected chi connectivity index (χ0v) is 11.1. The van der Waals surface area contributed by atoms with Gasteiger partial charge in [-0.1, -0.05) is 17.7 Å². The minimum Gasteiger partial charge on any atom is -0.294 e. The van der Waals surface area contributed by atoms with Gasteiger partial charge < -0.3 is 0 Å². The van der Waals surface area contributed by atoms with Crippen molar-refractivity contribution in [3.05, 3.63) is 51.0 Å². The van der Waals surface area contributed by atoms with Crippen molar-refractivity contribution in [2.75, 3.05) is 0 Å². The number of benzene rings is 1.